The minimum atomic E-state index is -0.750. The fraction of sp³-hybridized carbons (Fsp3) is 0.385. The molecule has 0 radical (unpaired) electrons. The predicted octanol–water partition coefficient (Wildman–Crippen LogP) is 1.52. The van der Waals surface area contributed by atoms with Crippen LogP contribution in [0.3, 0.4) is 0 Å². The molecule has 0 bridgehead atoms. The van der Waals surface area contributed by atoms with Gasteiger partial charge in [-0.15, -0.1) is 5.10 Å². The molecule has 0 fully saturated rings. The van der Waals surface area contributed by atoms with Crippen molar-refractivity contribution in [2.45, 2.75) is 32.2 Å². The van der Waals surface area contributed by atoms with Crippen molar-refractivity contribution in [1.82, 2.24) is 20.0 Å². The van der Waals surface area contributed by atoms with E-state index in [1.54, 1.807) is 17.1 Å². The number of aromatic nitrogens is 4. The van der Waals surface area contributed by atoms with Crippen molar-refractivity contribution in [1.29, 1.82) is 0 Å². The lowest BCUT2D eigenvalue weighted by molar-refractivity contribution is -0.137. The number of carbonyl (C=O) groups is 1. The second-order valence-corrected chi connectivity index (χ2v) is 4.37. The molecule has 6 heteroatoms. The molecule has 2 rings (SSSR count). The Morgan fingerprint density at radius 1 is 1.37 bits per heavy atom. The molecule has 0 spiro atoms. The maximum Gasteiger partial charge on any atom is 0.303 e. The minimum Gasteiger partial charge on any atom is -0.481 e. The molecular formula is C13H16N4O2. The highest BCUT2D eigenvalue weighted by molar-refractivity contribution is 5.66. The largest absolute Gasteiger partial charge is 0.481 e. The number of carboxylic acids is 1. The number of aliphatic carboxylic acids is 1. The summed E-state index contributed by atoms with van der Waals surface area (Å²) in [6.45, 7) is 0.649. The van der Waals surface area contributed by atoms with Crippen LogP contribution in [0.25, 0.3) is 0 Å². The van der Waals surface area contributed by atoms with E-state index in [1.807, 2.05) is 18.3 Å². The van der Waals surface area contributed by atoms with E-state index in [1.165, 1.54) is 0 Å². The van der Waals surface area contributed by atoms with Gasteiger partial charge in [0, 0.05) is 25.0 Å². The number of aryl methyl sites for hydroxylation is 1. The number of hydrogen-bond donors (Lipinski definition) is 1. The average molecular weight is 260 g/mol. The van der Waals surface area contributed by atoms with Crippen LogP contribution in [0.15, 0.2) is 30.7 Å². The highest BCUT2D eigenvalue weighted by Crippen LogP contribution is 2.05. The van der Waals surface area contributed by atoms with Crippen molar-refractivity contribution < 1.29 is 9.90 Å². The summed E-state index contributed by atoms with van der Waals surface area (Å²) in [4.78, 5) is 14.4. The van der Waals surface area contributed by atoms with Crippen molar-refractivity contribution >= 4 is 5.97 Å². The monoisotopic (exact) mass is 260 g/mol. The molecule has 0 aliphatic rings. The highest BCUT2D eigenvalue weighted by Gasteiger charge is 2.03. The average Bonchev–Trinajstić information content (AvgIpc) is 2.83. The SMILES string of the molecule is O=C(O)CCCCc1cn(Cc2cccnc2)nn1. The van der Waals surface area contributed by atoms with Gasteiger partial charge in [-0.3, -0.25) is 9.78 Å². The maximum atomic E-state index is 10.4. The summed E-state index contributed by atoms with van der Waals surface area (Å²) < 4.78 is 1.77. The summed E-state index contributed by atoms with van der Waals surface area (Å²) in [7, 11) is 0. The second kappa shape index (κ2) is 6.63. The van der Waals surface area contributed by atoms with Gasteiger partial charge in [-0.25, -0.2) is 4.68 Å². The van der Waals surface area contributed by atoms with Crippen LogP contribution in [0.4, 0.5) is 0 Å². The number of unbranched alkanes of at least 4 members (excludes halogenated alkanes) is 1. The Morgan fingerprint density at radius 2 is 2.26 bits per heavy atom. The third kappa shape index (κ3) is 4.50. The molecule has 1 N–H and O–H groups in total. The molecule has 2 aromatic rings. The number of rotatable bonds is 7. The van der Waals surface area contributed by atoms with Crippen LogP contribution in [0.1, 0.15) is 30.5 Å². The van der Waals surface area contributed by atoms with E-state index in [4.69, 9.17) is 5.11 Å². The molecule has 2 heterocycles. The smallest absolute Gasteiger partial charge is 0.303 e. The van der Waals surface area contributed by atoms with Gasteiger partial charge in [0.2, 0.25) is 0 Å². The Hall–Kier alpha value is -2.24. The van der Waals surface area contributed by atoms with Crippen LogP contribution < -0.4 is 0 Å². The van der Waals surface area contributed by atoms with E-state index in [0.717, 1.165) is 24.1 Å². The Morgan fingerprint density at radius 3 is 3.00 bits per heavy atom. The van der Waals surface area contributed by atoms with Crippen molar-refractivity contribution in [2.24, 2.45) is 0 Å². The molecule has 0 aromatic carbocycles. The molecule has 2 aromatic heterocycles. The van der Waals surface area contributed by atoms with Gasteiger partial charge < -0.3 is 5.11 Å². The van der Waals surface area contributed by atoms with Gasteiger partial charge >= 0.3 is 5.97 Å². The topological polar surface area (TPSA) is 80.9 Å². The standard InChI is InChI=1S/C13H16N4O2/c18-13(19)6-2-1-5-12-10-17(16-15-12)9-11-4-3-7-14-8-11/h3-4,7-8,10H,1-2,5-6,9H2,(H,18,19). The van der Waals surface area contributed by atoms with Crippen molar-refractivity contribution in [3.05, 3.63) is 42.0 Å². The molecule has 0 amide bonds. The predicted molar refractivity (Wildman–Crippen MR) is 68.6 cm³/mol. The van der Waals surface area contributed by atoms with Crippen molar-refractivity contribution in [3.8, 4) is 0 Å². The van der Waals surface area contributed by atoms with Crippen LogP contribution in [-0.4, -0.2) is 31.1 Å². The number of carboxylic acid groups (broad SMARTS) is 1. The quantitative estimate of drug-likeness (QED) is 0.763. The lowest BCUT2D eigenvalue weighted by Gasteiger charge is -1.98. The van der Waals surface area contributed by atoms with E-state index in [9.17, 15) is 4.79 Å². The van der Waals surface area contributed by atoms with Gasteiger partial charge in [0.05, 0.1) is 12.2 Å². The normalized spacial score (nSPS) is 10.5. The molecule has 0 saturated heterocycles. The summed E-state index contributed by atoms with van der Waals surface area (Å²) in [5.74, 6) is -0.750. The van der Waals surface area contributed by atoms with Crippen LogP contribution >= 0.6 is 0 Å². The highest BCUT2D eigenvalue weighted by atomic mass is 16.4. The Labute approximate surface area is 111 Å². The summed E-state index contributed by atoms with van der Waals surface area (Å²) in [6, 6.07) is 3.88. The summed E-state index contributed by atoms with van der Waals surface area (Å²) >= 11 is 0. The van der Waals surface area contributed by atoms with Crippen LogP contribution in [0.2, 0.25) is 0 Å². The molecular weight excluding hydrogens is 244 g/mol. The van der Waals surface area contributed by atoms with Gasteiger partial charge in [0.25, 0.3) is 0 Å². The molecule has 19 heavy (non-hydrogen) atoms. The first-order valence-corrected chi connectivity index (χ1v) is 6.24. The number of hydrogen-bond acceptors (Lipinski definition) is 4. The zero-order chi connectivity index (χ0) is 13.5. The van der Waals surface area contributed by atoms with E-state index >= 15 is 0 Å². The molecule has 0 unspecified atom stereocenters. The van der Waals surface area contributed by atoms with Crippen LogP contribution in [-0.2, 0) is 17.8 Å². The minimum absolute atomic E-state index is 0.212. The second-order valence-electron chi connectivity index (χ2n) is 4.37. The Balaban J connectivity index is 1.80. The van der Waals surface area contributed by atoms with E-state index in [0.29, 0.717) is 13.0 Å². The fourth-order valence-corrected chi connectivity index (χ4v) is 1.79. The molecule has 0 saturated carbocycles. The Bertz CT molecular complexity index is 524. The summed E-state index contributed by atoms with van der Waals surface area (Å²) in [6.07, 6.45) is 7.90. The lowest BCUT2D eigenvalue weighted by atomic mass is 10.1. The van der Waals surface area contributed by atoms with Gasteiger partial charge in [0.1, 0.15) is 0 Å². The van der Waals surface area contributed by atoms with Gasteiger partial charge in [-0.05, 0) is 30.9 Å². The van der Waals surface area contributed by atoms with E-state index < -0.39 is 5.97 Å². The van der Waals surface area contributed by atoms with E-state index in [2.05, 4.69) is 15.3 Å². The van der Waals surface area contributed by atoms with E-state index in [-0.39, 0.29) is 6.42 Å². The first-order chi connectivity index (χ1) is 9.24. The van der Waals surface area contributed by atoms with Crippen molar-refractivity contribution in [2.75, 3.05) is 0 Å². The zero-order valence-corrected chi connectivity index (χ0v) is 10.6. The first kappa shape index (κ1) is 13.2. The molecule has 6 nitrogen and oxygen atoms in total. The molecule has 0 aliphatic heterocycles. The summed E-state index contributed by atoms with van der Waals surface area (Å²) in [5.41, 5.74) is 1.97. The maximum absolute atomic E-state index is 10.4. The van der Waals surface area contributed by atoms with Gasteiger partial charge in [-0.1, -0.05) is 11.3 Å². The number of pyridine rings is 1. The van der Waals surface area contributed by atoms with Gasteiger partial charge in [-0.2, -0.15) is 0 Å². The lowest BCUT2D eigenvalue weighted by Crippen LogP contribution is -2.00. The van der Waals surface area contributed by atoms with Gasteiger partial charge in [0.15, 0.2) is 0 Å². The molecule has 0 aliphatic carbocycles. The van der Waals surface area contributed by atoms with Crippen LogP contribution in [0.5, 0.6) is 0 Å². The molecule has 0 atom stereocenters. The number of nitrogens with zero attached hydrogens (tertiary/aromatic N) is 4. The zero-order valence-electron chi connectivity index (χ0n) is 10.6. The van der Waals surface area contributed by atoms with Crippen LogP contribution in [0, 0.1) is 0 Å². The third-order valence-electron chi connectivity index (χ3n) is 2.73. The third-order valence-corrected chi connectivity index (χ3v) is 2.73. The van der Waals surface area contributed by atoms with Crippen molar-refractivity contribution in [3.63, 3.8) is 0 Å². The molecule has 100 valence electrons. The fourth-order valence-electron chi connectivity index (χ4n) is 1.79. The first-order valence-electron chi connectivity index (χ1n) is 6.24. The Kier molecular flexibility index (Phi) is 4.60. The summed E-state index contributed by atoms with van der Waals surface area (Å²) in [5, 5.41) is 16.7.